The van der Waals surface area contributed by atoms with Crippen molar-refractivity contribution in [2.75, 3.05) is 5.73 Å². The van der Waals surface area contributed by atoms with Crippen LogP contribution >= 0.6 is 0 Å². The molecule has 0 bridgehead atoms. The number of fused-ring (bicyclic) bond motifs is 1. The molecule has 22 heavy (non-hydrogen) atoms. The summed E-state index contributed by atoms with van der Waals surface area (Å²) in [5, 5.41) is 8.82. The van der Waals surface area contributed by atoms with E-state index in [1.54, 1.807) is 6.07 Å². The van der Waals surface area contributed by atoms with Gasteiger partial charge in [-0.15, -0.1) is 0 Å². The lowest BCUT2D eigenvalue weighted by molar-refractivity contribution is 0.103. The maximum Gasteiger partial charge on any atom is 0.202 e. The van der Waals surface area contributed by atoms with Gasteiger partial charge in [-0.3, -0.25) is 4.79 Å². The molecule has 0 radical (unpaired) electrons. The summed E-state index contributed by atoms with van der Waals surface area (Å²) in [6.07, 6.45) is 2.45. The number of rotatable bonds is 2. The van der Waals surface area contributed by atoms with Crippen molar-refractivity contribution in [3.8, 4) is 6.07 Å². The van der Waals surface area contributed by atoms with E-state index in [0.717, 1.165) is 12.1 Å². The normalized spacial score (nSPS) is 10.6. The second-order valence-electron chi connectivity index (χ2n) is 4.42. The second kappa shape index (κ2) is 4.89. The number of benzene rings is 1. The lowest BCUT2D eigenvalue weighted by Gasteiger charge is -2.05. The summed E-state index contributed by atoms with van der Waals surface area (Å²) in [4.78, 5) is 22.9. The van der Waals surface area contributed by atoms with Crippen molar-refractivity contribution in [2.24, 2.45) is 0 Å². The monoisotopic (exact) mass is 299 g/mol. The van der Waals surface area contributed by atoms with E-state index in [4.69, 9.17) is 11.0 Å². The third kappa shape index (κ3) is 1.96. The van der Waals surface area contributed by atoms with Gasteiger partial charge in [0.2, 0.25) is 5.78 Å². The molecule has 2 aromatic heterocycles. The van der Waals surface area contributed by atoms with Crippen molar-refractivity contribution in [3.05, 3.63) is 53.0 Å². The fourth-order valence-electron chi connectivity index (χ4n) is 2.03. The molecule has 0 atom stereocenters. The molecule has 108 valence electrons. The number of nitrogens with zero attached hydrogens (tertiary/aromatic N) is 3. The Labute approximate surface area is 122 Å². The number of hydrogen-bond donors (Lipinski definition) is 2. The molecule has 0 aliphatic carbocycles. The Kier molecular flexibility index (Phi) is 3.03. The van der Waals surface area contributed by atoms with E-state index in [-0.39, 0.29) is 28.1 Å². The number of nitrogens with two attached hydrogens (primary N) is 1. The van der Waals surface area contributed by atoms with Crippen molar-refractivity contribution in [1.29, 1.82) is 5.26 Å². The third-order valence-electron chi connectivity index (χ3n) is 3.09. The summed E-state index contributed by atoms with van der Waals surface area (Å²) in [5.41, 5.74) is 4.43. The Bertz CT molecular complexity index is 958. The highest BCUT2D eigenvalue weighted by Gasteiger charge is 2.24. The van der Waals surface area contributed by atoms with E-state index in [1.165, 1.54) is 12.4 Å². The molecule has 6 nitrogen and oxygen atoms in total. The highest BCUT2D eigenvalue weighted by Crippen LogP contribution is 2.24. The fourth-order valence-corrected chi connectivity index (χ4v) is 2.03. The Morgan fingerprint density at radius 1 is 1.36 bits per heavy atom. The number of aromatic amines is 1. The van der Waals surface area contributed by atoms with Gasteiger partial charge in [-0.05, 0) is 12.1 Å². The molecule has 0 aliphatic heterocycles. The Hall–Kier alpha value is -3.34. The molecule has 0 amide bonds. The number of nitrogens with one attached hydrogen (secondary N) is 1. The molecule has 2 heterocycles. The molecular weight excluding hydrogens is 292 g/mol. The van der Waals surface area contributed by atoms with Crippen molar-refractivity contribution in [2.45, 2.75) is 0 Å². The molecule has 0 unspecified atom stereocenters. The van der Waals surface area contributed by atoms with Crippen LogP contribution in [0.2, 0.25) is 0 Å². The number of halogens is 2. The molecule has 1 aromatic carbocycles. The molecule has 8 heteroatoms. The zero-order valence-electron chi connectivity index (χ0n) is 10.9. The van der Waals surface area contributed by atoms with Crippen LogP contribution in [0, 0.1) is 23.0 Å². The quantitative estimate of drug-likeness (QED) is 0.555. The van der Waals surface area contributed by atoms with Gasteiger partial charge in [0, 0.05) is 6.20 Å². The summed E-state index contributed by atoms with van der Waals surface area (Å²) in [5.74, 6) is -3.10. The molecule has 3 N–H and O–H groups in total. The van der Waals surface area contributed by atoms with E-state index < -0.39 is 23.0 Å². The number of anilines is 1. The van der Waals surface area contributed by atoms with Gasteiger partial charge in [-0.25, -0.2) is 18.7 Å². The third-order valence-corrected chi connectivity index (χ3v) is 3.09. The fraction of sp³-hybridized carbons (Fsp3) is 0. The van der Waals surface area contributed by atoms with Gasteiger partial charge in [0.05, 0.1) is 23.0 Å². The maximum absolute atomic E-state index is 14.0. The molecule has 3 rings (SSSR count). The maximum atomic E-state index is 14.0. The summed E-state index contributed by atoms with van der Waals surface area (Å²) in [6.45, 7) is 0. The SMILES string of the molecule is N#Cc1cnc2[nH]cc(C(=O)c3c(F)ccc(N)c3F)c2n1. The molecule has 0 saturated carbocycles. The van der Waals surface area contributed by atoms with Gasteiger partial charge >= 0.3 is 0 Å². The number of aromatic nitrogens is 3. The topological polar surface area (TPSA) is 108 Å². The minimum atomic E-state index is -1.14. The largest absolute Gasteiger partial charge is 0.396 e. The average Bonchev–Trinajstić information content (AvgIpc) is 2.94. The summed E-state index contributed by atoms with van der Waals surface area (Å²) in [7, 11) is 0. The van der Waals surface area contributed by atoms with E-state index in [9.17, 15) is 13.6 Å². The number of nitrogen functional groups attached to an aromatic ring is 1. The smallest absolute Gasteiger partial charge is 0.202 e. The van der Waals surface area contributed by atoms with Gasteiger partial charge < -0.3 is 10.7 Å². The number of H-pyrrole nitrogens is 1. The summed E-state index contributed by atoms with van der Waals surface area (Å²) < 4.78 is 27.8. The van der Waals surface area contributed by atoms with E-state index >= 15 is 0 Å². The van der Waals surface area contributed by atoms with Crippen molar-refractivity contribution in [1.82, 2.24) is 15.0 Å². The van der Waals surface area contributed by atoms with Crippen LogP contribution in [0.5, 0.6) is 0 Å². The first-order chi connectivity index (χ1) is 10.5. The number of hydrogen-bond acceptors (Lipinski definition) is 5. The lowest BCUT2D eigenvalue weighted by atomic mass is 10.0. The summed E-state index contributed by atoms with van der Waals surface area (Å²) >= 11 is 0. The van der Waals surface area contributed by atoms with Crippen LogP contribution < -0.4 is 5.73 Å². The van der Waals surface area contributed by atoms with E-state index in [1.807, 2.05) is 0 Å². The minimum absolute atomic E-state index is 0.0188. The van der Waals surface area contributed by atoms with Crippen molar-refractivity contribution < 1.29 is 13.6 Å². The van der Waals surface area contributed by atoms with Crippen LogP contribution in [0.25, 0.3) is 11.2 Å². The first kappa shape index (κ1) is 13.6. The Balaban J connectivity index is 2.22. The minimum Gasteiger partial charge on any atom is -0.396 e. The van der Waals surface area contributed by atoms with Crippen LogP contribution in [0.3, 0.4) is 0 Å². The van der Waals surface area contributed by atoms with Crippen LogP contribution in [-0.4, -0.2) is 20.7 Å². The van der Waals surface area contributed by atoms with Crippen molar-refractivity contribution in [3.63, 3.8) is 0 Å². The molecular formula is C14H7F2N5O. The average molecular weight is 299 g/mol. The number of ketones is 1. The predicted octanol–water partition coefficient (Wildman–Crippen LogP) is 1.92. The predicted molar refractivity (Wildman–Crippen MR) is 72.8 cm³/mol. The number of carbonyl (C=O) groups is 1. The molecule has 0 spiro atoms. The second-order valence-corrected chi connectivity index (χ2v) is 4.42. The van der Waals surface area contributed by atoms with Gasteiger partial charge in [0.1, 0.15) is 17.4 Å². The van der Waals surface area contributed by atoms with Gasteiger partial charge in [-0.1, -0.05) is 0 Å². The van der Waals surface area contributed by atoms with Crippen molar-refractivity contribution >= 4 is 22.6 Å². The highest BCUT2D eigenvalue weighted by molar-refractivity contribution is 6.15. The number of carbonyl (C=O) groups excluding carboxylic acids is 1. The number of nitriles is 1. The van der Waals surface area contributed by atoms with Gasteiger partial charge in [0.25, 0.3) is 0 Å². The van der Waals surface area contributed by atoms with Gasteiger partial charge in [0.15, 0.2) is 17.2 Å². The first-order valence-electron chi connectivity index (χ1n) is 6.05. The highest BCUT2D eigenvalue weighted by atomic mass is 19.1. The molecule has 0 aliphatic rings. The molecule has 0 saturated heterocycles. The summed E-state index contributed by atoms with van der Waals surface area (Å²) in [6, 6.07) is 3.72. The van der Waals surface area contributed by atoms with Crippen LogP contribution in [0.4, 0.5) is 14.5 Å². The Morgan fingerprint density at radius 2 is 2.14 bits per heavy atom. The zero-order chi connectivity index (χ0) is 15.9. The standard InChI is InChI=1S/C14H7F2N5O/c15-8-1-2-9(18)11(16)10(8)13(22)7-5-20-14-12(7)21-6(3-17)4-19-14/h1-2,4-5H,18H2,(H,19,20). The van der Waals surface area contributed by atoms with Crippen LogP contribution in [0.1, 0.15) is 21.6 Å². The molecule has 3 aromatic rings. The lowest BCUT2D eigenvalue weighted by Crippen LogP contribution is -2.09. The van der Waals surface area contributed by atoms with Gasteiger partial charge in [-0.2, -0.15) is 5.26 Å². The van der Waals surface area contributed by atoms with E-state index in [0.29, 0.717) is 0 Å². The van der Waals surface area contributed by atoms with Crippen LogP contribution in [-0.2, 0) is 0 Å². The zero-order valence-corrected chi connectivity index (χ0v) is 10.9. The Morgan fingerprint density at radius 3 is 2.86 bits per heavy atom. The van der Waals surface area contributed by atoms with Crippen LogP contribution in [0.15, 0.2) is 24.5 Å². The van der Waals surface area contributed by atoms with E-state index in [2.05, 4.69) is 15.0 Å². The molecule has 0 fully saturated rings. The first-order valence-corrected chi connectivity index (χ1v) is 6.05.